The molecular formula is C15H18N2O2S2. The summed E-state index contributed by atoms with van der Waals surface area (Å²) >= 11 is 3.32. The van der Waals surface area contributed by atoms with Crippen LogP contribution in [0.4, 0.5) is 0 Å². The number of fused-ring (bicyclic) bond motifs is 1. The lowest BCUT2D eigenvalue weighted by Gasteiger charge is -2.14. The van der Waals surface area contributed by atoms with Crippen molar-refractivity contribution < 1.29 is 9.90 Å². The topological polar surface area (TPSA) is 55.1 Å². The van der Waals surface area contributed by atoms with E-state index < -0.39 is 5.97 Å². The van der Waals surface area contributed by atoms with Crippen LogP contribution in [0.5, 0.6) is 0 Å². The van der Waals surface area contributed by atoms with Crippen molar-refractivity contribution in [1.29, 1.82) is 0 Å². The first-order valence-electron chi connectivity index (χ1n) is 7.03. The summed E-state index contributed by atoms with van der Waals surface area (Å²) in [5.41, 5.74) is 3.32. The number of carboxylic acid groups (broad SMARTS) is 1. The van der Waals surface area contributed by atoms with E-state index in [1.807, 2.05) is 23.9 Å². The molecule has 112 valence electrons. The average molecular weight is 322 g/mol. The fourth-order valence-electron chi connectivity index (χ4n) is 2.74. The van der Waals surface area contributed by atoms with Crippen LogP contribution in [-0.2, 0) is 11.3 Å². The maximum Gasteiger partial charge on any atom is 0.313 e. The Balaban J connectivity index is 1.98. The second kappa shape index (κ2) is 6.32. The summed E-state index contributed by atoms with van der Waals surface area (Å²) in [5, 5.41) is 9.75. The highest BCUT2D eigenvalue weighted by Gasteiger charge is 2.20. The molecule has 1 unspecified atom stereocenters. The number of para-hydroxylation sites is 1. The molecule has 1 N–H and O–H groups in total. The van der Waals surface area contributed by atoms with Gasteiger partial charge in [-0.25, -0.2) is 4.98 Å². The highest BCUT2D eigenvalue weighted by Crippen LogP contribution is 2.31. The number of hydrogen-bond donors (Lipinski definition) is 1. The highest BCUT2D eigenvalue weighted by molar-refractivity contribution is 7.99. The normalized spacial score (nSPS) is 18.4. The van der Waals surface area contributed by atoms with Gasteiger partial charge in [0.25, 0.3) is 0 Å². The first kappa shape index (κ1) is 14.8. The Morgan fingerprint density at radius 3 is 3.14 bits per heavy atom. The quantitative estimate of drug-likeness (QED) is 0.856. The zero-order chi connectivity index (χ0) is 14.8. The number of carbonyl (C=O) groups is 1. The molecule has 1 atom stereocenters. The van der Waals surface area contributed by atoms with Crippen molar-refractivity contribution in [3.63, 3.8) is 0 Å². The second-order valence-electron chi connectivity index (χ2n) is 5.36. The van der Waals surface area contributed by atoms with Gasteiger partial charge < -0.3 is 9.67 Å². The van der Waals surface area contributed by atoms with Crippen molar-refractivity contribution in [3.8, 4) is 0 Å². The van der Waals surface area contributed by atoms with E-state index >= 15 is 0 Å². The summed E-state index contributed by atoms with van der Waals surface area (Å²) in [5.74, 6) is 2.34. The van der Waals surface area contributed by atoms with E-state index in [9.17, 15) is 4.79 Å². The minimum Gasteiger partial charge on any atom is -0.481 e. The Kier molecular flexibility index (Phi) is 4.45. The van der Waals surface area contributed by atoms with Crippen LogP contribution < -0.4 is 0 Å². The summed E-state index contributed by atoms with van der Waals surface area (Å²) in [6, 6.07) is 6.11. The SMILES string of the molecule is Cc1cccc2nc(SCC(=O)O)n(CC3CCSC3)c12. The molecule has 1 aliphatic rings. The Labute approximate surface area is 132 Å². The van der Waals surface area contributed by atoms with Gasteiger partial charge in [-0.3, -0.25) is 4.79 Å². The van der Waals surface area contributed by atoms with Crippen molar-refractivity contribution in [3.05, 3.63) is 23.8 Å². The third kappa shape index (κ3) is 3.21. The maximum absolute atomic E-state index is 10.8. The van der Waals surface area contributed by atoms with Crippen LogP contribution in [0.25, 0.3) is 11.0 Å². The molecule has 1 aromatic heterocycles. The Bertz CT molecular complexity index is 663. The molecule has 6 heteroatoms. The molecule has 21 heavy (non-hydrogen) atoms. The lowest BCUT2D eigenvalue weighted by molar-refractivity contribution is -0.133. The largest absolute Gasteiger partial charge is 0.481 e. The van der Waals surface area contributed by atoms with Gasteiger partial charge in [0.15, 0.2) is 5.16 Å². The number of nitrogens with zero attached hydrogens (tertiary/aromatic N) is 2. The van der Waals surface area contributed by atoms with Crippen LogP contribution in [0.3, 0.4) is 0 Å². The van der Waals surface area contributed by atoms with Gasteiger partial charge in [-0.15, -0.1) is 0 Å². The predicted octanol–water partition coefficient (Wildman–Crippen LogP) is 3.27. The number of thioether (sulfide) groups is 2. The molecule has 1 aromatic carbocycles. The summed E-state index contributed by atoms with van der Waals surface area (Å²) in [6.45, 7) is 3.03. The average Bonchev–Trinajstić information content (AvgIpc) is 3.06. The molecule has 2 aromatic rings. The first-order chi connectivity index (χ1) is 10.1. The number of aromatic nitrogens is 2. The lowest BCUT2D eigenvalue weighted by atomic mass is 10.1. The summed E-state index contributed by atoms with van der Waals surface area (Å²) in [7, 11) is 0. The van der Waals surface area contributed by atoms with Gasteiger partial charge in [0.05, 0.1) is 16.8 Å². The zero-order valence-corrected chi connectivity index (χ0v) is 13.5. The third-order valence-corrected chi connectivity index (χ3v) is 5.92. The van der Waals surface area contributed by atoms with Gasteiger partial charge in [-0.1, -0.05) is 23.9 Å². The van der Waals surface area contributed by atoms with Crippen molar-refractivity contribution in [2.75, 3.05) is 17.3 Å². The molecule has 3 rings (SSSR count). The molecule has 4 nitrogen and oxygen atoms in total. The van der Waals surface area contributed by atoms with E-state index in [0.29, 0.717) is 5.92 Å². The van der Waals surface area contributed by atoms with Gasteiger partial charge in [0, 0.05) is 6.54 Å². The van der Waals surface area contributed by atoms with Crippen LogP contribution in [0.15, 0.2) is 23.4 Å². The van der Waals surface area contributed by atoms with Crippen LogP contribution in [0.1, 0.15) is 12.0 Å². The smallest absolute Gasteiger partial charge is 0.313 e. The molecule has 0 bridgehead atoms. The third-order valence-electron chi connectivity index (χ3n) is 3.72. The van der Waals surface area contributed by atoms with E-state index in [-0.39, 0.29) is 5.75 Å². The molecule has 0 amide bonds. The van der Waals surface area contributed by atoms with Crippen molar-refractivity contribution in [2.45, 2.75) is 25.0 Å². The van der Waals surface area contributed by atoms with E-state index in [1.54, 1.807) is 0 Å². The van der Waals surface area contributed by atoms with E-state index in [0.717, 1.165) is 22.7 Å². The molecule has 0 aliphatic carbocycles. The molecule has 0 saturated carbocycles. The number of carboxylic acids is 1. The molecule has 2 heterocycles. The Hall–Kier alpha value is -1.14. The second-order valence-corrected chi connectivity index (χ2v) is 7.45. The number of hydrogen-bond acceptors (Lipinski definition) is 4. The minimum atomic E-state index is -0.799. The molecule has 1 aliphatic heterocycles. The van der Waals surface area contributed by atoms with Crippen molar-refractivity contribution in [1.82, 2.24) is 9.55 Å². The standard InChI is InChI=1S/C15H18N2O2S2/c1-10-3-2-4-12-14(10)17(7-11-5-6-20-8-11)15(16-12)21-9-13(18)19/h2-4,11H,5-9H2,1H3,(H,18,19). The molecular weight excluding hydrogens is 304 g/mol. The molecule has 1 saturated heterocycles. The zero-order valence-electron chi connectivity index (χ0n) is 11.9. The van der Waals surface area contributed by atoms with Crippen LogP contribution in [-0.4, -0.2) is 37.9 Å². The fraction of sp³-hybridized carbons (Fsp3) is 0.467. The Morgan fingerprint density at radius 1 is 1.57 bits per heavy atom. The summed E-state index contributed by atoms with van der Waals surface area (Å²) < 4.78 is 2.23. The number of imidazole rings is 1. The predicted molar refractivity (Wildman–Crippen MR) is 88.3 cm³/mol. The summed E-state index contributed by atoms with van der Waals surface area (Å²) in [4.78, 5) is 15.5. The van der Waals surface area contributed by atoms with Gasteiger partial charge in [-0.2, -0.15) is 11.8 Å². The van der Waals surface area contributed by atoms with Gasteiger partial charge in [0.2, 0.25) is 0 Å². The number of aliphatic carboxylic acids is 1. The van der Waals surface area contributed by atoms with Crippen LogP contribution in [0.2, 0.25) is 0 Å². The number of benzene rings is 1. The monoisotopic (exact) mass is 322 g/mol. The summed E-state index contributed by atoms with van der Waals surface area (Å²) in [6.07, 6.45) is 1.24. The first-order valence-corrected chi connectivity index (χ1v) is 9.17. The van der Waals surface area contributed by atoms with E-state index in [1.165, 1.54) is 35.3 Å². The van der Waals surface area contributed by atoms with Crippen molar-refractivity contribution >= 4 is 40.5 Å². The van der Waals surface area contributed by atoms with E-state index in [4.69, 9.17) is 5.11 Å². The van der Waals surface area contributed by atoms with Crippen molar-refractivity contribution in [2.24, 2.45) is 5.92 Å². The lowest BCUT2D eigenvalue weighted by Crippen LogP contribution is -2.12. The van der Waals surface area contributed by atoms with Crippen LogP contribution >= 0.6 is 23.5 Å². The molecule has 0 spiro atoms. The van der Waals surface area contributed by atoms with E-state index in [2.05, 4.69) is 22.5 Å². The van der Waals surface area contributed by atoms with Gasteiger partial charge in [-0.05, 0) is 42.4 Å². The molecule has 0 radical (unpaired) electrons. The number of rotatable bonds is 5. The van der Waals surface area contributed by atoms with Gasteiger partial charge >= 0.3 is 5.97 Å². The maximum atomic E-state index is 10.8. The number of aryl methyl sites for hydroxylation is 1. The highest BCUT2D eigenvalue weighted by atomic mass is 32.2. The van der Waals surface area contributed by atoms with Gasteiger partial charge in [0.1, 0.15) is 0 Å². The fourth-order valence-corrected chi connectivity index (χ4v) is 4.74. The van der Waals surface area contributed by atoms with Crippen LogP contribution in [0, 0.1) is 12.8 Å². The Morgan fingerprint density at radius 2 is 2.43 bits per heavy atom. The molecule has 1 fully saturated rings. The minimum absolute atomic E-state index is 0.0573.